The van der Waals surface area contributed by atoms with Crippen LogP contribution in [0, 0.1) is 17.7 Å². The molecule has 0 radical (unpaired) electrons. The maximum atomic E-state index is 13.1. The highest BCUT2D eigenvalue weighted by atomic mass is 19.4. The fourth-order valence-corrected chi connectivity index (χ4v) is 1.14. The number of carboxylic acid groups (broad SMARTS) is 1. The summed E-state index contributed by atoms with van der Waals surface area (Å²) in [4.78, 5) is 20.5. The van der Waals surface area contributed by atoms with Crippen molar-refractivity contribution in [2.45, 2.75) is 6.18 Å². The Morgan fingerprint density at radius 3 is 2.39 bits per heavy atom. The zero-order valence-electron chi connectivity index (χ0n) is 8.51. The van der Waals surface area contributed by atoms with E-state index in [2.05, 4.69) is 0 Å². The van der Waals surface area contributed by atoms with Gasteiger partial charge in [-0.3, -0.25) is 4.79 Å². The summed E-state index contributed by atoms with van der Waals surface area (Å²) >= 11 is 0. The Hall–Kier alpha value is -2.36. The molecule has 94 valence electrons. The van der Waals surface area contributed by atoms with E-state index in [0.29, 0.717) is 6.07 Å². The molecular weight excluding hydrogens is 256 g/mol. The van der Waals surface area contributed by atoms with Crippen LogP contribution in [0.4, 0.5) is 17.6 Å². The minimum Gasteiger partial charge on any atom is -0.472 e. The second-order valence-electron chi connectivity index (χ2n) is 3.09. The third kappa shape index (κ3) is 3.07. The monoisotopic (exact) mass is 260 g/mol. The first-order valence-electron chi connectivity index (χ1n) is 4.36. The number of rotatable bonds is 1. The van der Waals surface area contributed by atoms with Crippen molar-refractivity contribution >= 4 is 12.3 Å². The molecule has 0 atom stereocenters. The largest absolute Gasteiger partial charge is 0.472 e. The molecule has 7 heteroatoms. The van der Waals surface area contributed by atoms with Gasteiger partial charge in [0.1, 0.15) is 5.82 Å². The number of halogens is 4. The number of benzene rings is 1. The van der Waals surface area contributed by atoms with Crippen LogP contribution in [0.3, 0.4) is 0 Å². The van der Waals surface area contributed by atoms with E-state index < -0.39 is 34.7 Å². The van der Waals surface area contributed by atoms with Gasteiger partial charge >= 0.3 is 12.1 Å². The van der Waals surface area contributed by atoms with Crippen LogP contribution >= 0.6 is 0 Å². The van der Waals surface area contributed by atoms with Gasteiger partial charge in [-0.2, -0.15) is 13.2 Å². The SMILES string of the molecule is O=Cc1cc(C(F)(F)F)c(C#CC(=O)O)cc1F. The Kier molecular flexibility index (Phi) is 3.71. The van der Waals surface area contributed by atoms with Gasteiger partial charge in [-0.15, -0.1) is 0 Å². The molecule has 1 N–H and O–H groups in total. The number of carbonyl (C=O) groups excluding carboxylic acids is 1. The third-order valence-corrected chi connectivity index (χ3v) is 1.87. The number of carbonyl (C=O) groups is 2. The summed E-state index contributed by atoms with van der Waals surface area (Å²) in [5, 5.41) is 8.23. The number of hydrogen-bond acceptors (Lipinski definition) is 2. The zero-order chi connectivity index (χ0) is 13.9. The highest BCUT2D eigenvalue weighted by Crippen LogP contribution is 2.33. The fourth-order valence-electron chi connectivity index (χ4n) is 1.14. The minimum atomic E-state index is -4.87. The molecule has 0 spiro atoms. The maximum Gasteiger partial charge on any atom is 0.417 e. The van der Waals surface area contributed by atoms with Crippen LogP contribution in [-0.4, -0.2) is 17.4 Å². The van der Waals surface area contributed by atoms with Crippen molar-refractivity contribution in [2.24, 2.45) is 0 Å². The van der Waals surface area contributed by atoms with Crippen LogP contribution < -0.4 is 0 Å². The van der Waals surface area contributed by atoms with Crippen LogP contribution in [0.2, 0.25) is 0 Å². The molecule has 0 saturated carbocycles. The number of carboxylic acids is 1. The van der Waals surface area contributed by atoms with Gasteiger partial charge in [0, 0.05) is 11.5 Å². The Labute approximate surface area is 98.0 Å². The maximum absolute atomic E-state index is 13.1. The summed E-state index contributed by atoms with van der Waals surface area (Å²) in [7, 11) is 0. The number of aliphatic carboxylic acids is 1. The average molecular weight is 260 g/mol. The highest BCUT2D eigenvalue weighted by molar-refractivity contribution is 5.87. The molecule has 0 unspecified atom stereocenters. The van der Waals surface area contributed by atoms with Gasteiger partial charge in [-0.1, -0.05) is 5.92 Å². The van der Waals surface area contributed by atoms with E-state index in [9.17, 15) is 27.2 Å². The van der Waals surface area contributed by atoms with E-state index >= 15 is 0 Å². The predicted molar refractivity (Wildman–Crippen MR) is 51.3 cm³/mol. The summed E-state index contributed by atoms with van der Waals surface area (Å²) in [6.07, 6.45) is -4.94. The van der Waals surface area contributed by atoms with E-state index in [0.717, 1.165) is 0 Å². The van der Waals surface area contributed by atoms with Crippen molar-refractivity contribution in [3.63, 3.8) is 0 Å². The Balaban J connectivity index is 3.51. The first-order valence-corrected chi connectivity index (χ1v) is 4.36. The number of aldehydes is 1. The molecular formula is C11H4F4O3. The van der Waals surface area contributed by atoms with Crippen LogP contribution in [0.1, 0.15) is 21.5 Å². The second kappa shape index (κ2) is 4.87. The van der Waals surface area contributed by atoms with Gasteiger partial charge in [0.2, 0.25) is 0 Å². The first kappa shape index (κ1) is 13.7. The van der Waals surface area contributed by atoms with Crippen molar-refractivity contribution in [1.82, 2.24) is 0 Å². The summed E-state index contributed by atoms with van der Waals surface area (Å²) in [5.74, 6) is 0.285. The van der Waals surface area contributed by atoms with Crippen molar-refractivity contribution in [3.8, 4) is 11.8 Å². The number of hydrogen-bond donors (Lipinski definition) is 1. The lowest BCUT2D eigenvalue weighted by atomic mass is 10.0. The van der Waals surface area contributed by atoms with E-state index in [1.165, 1.54) is 5.92 Å². The summed E-state index contributed by atoms with van der Waals surface area (Å²) in [6, 6.07) is 0.663. The molecule has 0 aliphatic carbocycles. The fraction of sp³-hybridized carbons (Fsp3) is 0.0909. The molecule has 0 amide bonds. The van der Waals surface area contributed by atoms with Crippen molar-refractivity contribution in [1.29, 1.82) is 0 Å². The van der Waals surface area contributed by atoms with Gasteiger partial charge < -0.3 is 5.11 Å². The number of alkyl halides is 3. The van der Waals surface area contributed by atoms with E-state index in [1.807, 2.05) is 0 Å². The first-order chi connectivity index (χ1) is 8.25. The van der Waals surface area contributed by atoms with Crippen LogP contribution in [0.5, 0.6) is 0 Å². The van der Waals surface area contributed by atoms with E-state index in [4.69, 9.17) is 5.11 Å². The standard InChI is InChI=1S/C11H4F4O3/c12-9-4-6(1-2-10(17)18)8(11(13,14)15)3-7(9)5-16/h3-5H,(H,17,18). The molecule has 1 rings (SSSR count). The molecule has 0 aromatic heterocycles. The van der Waals surface area contributed by atoms with Crippen molar-refractivity contribution < 1.29 is 32.3 Å². The Bertz CT molecular complexity index is 564. The van der Waals surface area contributed by atoms with Crippen LogP contribution in [-0.2, 0) is 11.0 Å². The topological polar surface area (TPSA) is 54.4 Å². The minimum absolute atomic E-state index is 0.0705. The molecule has 0 aliphatic heterocycles. The smallest absolute Gasteiger partial charge is 0.417 e. The predicted octanol–water partition coefficient (Wildman–Crippen LogP) is 2.09. The van der Waals surface area contributed by atoms with Gasteiger partial charge in [-0.05, 0) is 12.1 Å². The lowest BCUT2D eigenvalue weighted by molar-refractivity contribution is -0.138. The van der Waals surface area contributed by atoms with E-state index in [-0.39, 0.29) is 12.4 Å². The van der Waals surface area contributed by atoms with Gasteiger partial charge in [0.25, 0.3) is 0 Å². The van der Waals surface area contributed by atoms with E-state index in [1.54, 1.807) is 5.92 Å². The molecule has 0 fully saturated rings. The second-order valence-corrected chi connectivity index (χ2v) is 3.09. The molecule has 0 saturated heterocycles. The highest BCUT2D eigenvalue weighted by Gasteiger charge is 2.34. The van der Waals surface area contributed by atoms with Gasteiger partial charge in [-0.25, -0.2) is 9.18 Å². The molecule has 18 heavy (non-hydrogen) atoms. The lowest BCUT2D eigenvalue weighted by Gasteiger charge is -2.10. The van der Waals surface area contributed by atoms with Crippen LogP contribution in [0.25, 0.3) is 0 Å². The summed E-state index contributed by atoms with van der Waals surface area (Å²) in [6.45, 7) is 0. The molecule has 0 aliphatic rings. The molecule has 1 aromatic carbocycles. The van der Waals surface area contributed by atoms with Gasteiger partial charge in [0.05, 0.1) is 11.1 Å². The third-order valence-electron chi connectivity index (χ3n) is 1.87. The van der Waals surface area contributed by atoms with Crippen LogP contribution in [0.15, 0.2) is 12.1 Å². The van der Waals surface area contributed by atoms with Gasteiger partial charge in [0.15, 0.2) is 6.29 Å². The molecule has 1 aromatic rings. The van der Waals surface area contributed by atoms with Crippen molar-refractivity contribution in [3.05, 3.63) is 34.6 Å². The zero-order valence-corrected chi connectivity index (χ0v) is 8.51. The lowest BCUT2D eigenvalue weighted by Crippen LogP contribution is -2.10. The molecule has 3 nitrogen and oxygen atoms in total. The Morgan fingerprint density at radius 1 is 1.33 bits per heavy atom. The average Bonchev–Trinajstić information content (AvgIpc) is 2.24. The summed E-state index contributed by atoms with van der Waals surface area (Å²) in [5.41, 5.74) is -2.98. The quantitative estimate of drug-likeness (QED) is 0.478. The van der Waals surface area contributed by atoms with Crippen molar-refractivity contribution in [2.75, 3.05) is 0 Å². The molecule has 0 bridgehead atoms. The summed E-state index contributed by atoms with van der Waals surface area (Å²) < 4.78 is 50.8. The Morgan fingerprint density at radius 2 is 1.94 bits per heavy atom. The molecule has 0 heterocycles. The normalized spacial score (nSPS) is 10.4.